The van der Waals surface area contributed by atoms with Gasteiger partial charge in [-0.25, -0.2) is 0 Å². The van der Waals surface area contributed by atoms with E-state index < -0.39 is 55.6 Å². The van der Waals surface area contributed by atoms with Crippen LogP contribution in [0.5, 0.6) is 0 Å². The first-order valence-electron chi connectivity index (χ1n) is 20.4. The van der Waals surface area contributed by atoms with Gasteiger partial charge in [0.25, 0.3) is 0 Å². The molecule has 0 spiro atoms. The number of unbranched alkanes of at least 4 members (excludes halogenated alkanes) is 23. The van der Waals surface area contributed by atoms with Gasteiger partial charge in [-0.1, -0.05) is 168 Å². The Morgan fingerprint density at radius 2 is 0.979 bits per heavy atom. The number of ether oxygens (including phenoxy) is 2. The van der Waals surface area contributed by atoms with Crippen molar-refractivity contribution in [2.24, 2.45) is 0 Å². The molecule has 3 unspecified atom stereocenters. The van der Waals surface area contributed by atoms with Crippen LogP contribution in [-0.2, 0) is 9.47 Å². The summed E-state index contributed by atoms with van der Waals surface area (Å²) >= 11 is 0. The van der Waals surface area contributed by atoms with Crippen molar-refractivity contribution in [1.82, 2.24) is 5.32 Å². The van der Waals surface area contributed by atoms with E-state index in [-0.39, 0.29) is 6.61 Å². The van der Waals surface area contributed by atoms with Crippen molar-refractivity contribution in [3.63, 3.8) is 0 Å². The Labute approximate surface area is 294 Å². The lowest BCUT2D eigenvalue weighted by atomic mass is 9.99. The highest BCUT2D eigenvalue weighted by molar-refractivity contribution is 4.90. The highest BCUT2D eigenvalue weighted by Crippen LogP contribution is 2.23. The molecular weight excluding hydrogens is 610 g/mol. The largest absolute Gasteiger partial charge is 0.394 e. The van der Waals surface area contributed by atoms with Crippen LogP contribution in [0.3, 0.4) is 0 Å². The monoisotopic (exact) mass is 690 g/mol. The Balaban J connectivity index is 2.13. The Morgan fingerprint density at radius 1 is 0.562 bits per heavy atom. The van der Waals surface area contributed by atoms with Crippen molar-refractivity contribution < 1.29 is 40.1 Å². The molecule has 48 heavy (non-hydrogen) atoms. The first-order valence-corrected chi connectivity index (χ1v) is 20.4. The van der Waals surface area contributed by atoms with Crippen molar-refractivity contribution in [2.45, 2.75) is 230 Å². The lowest BCUT2D eigenvalue weighted by Gasteiger charge is -2.40. The van der Waals surface area contributed by atoms with Gasteiger partial charge in [-0.15, -0.1) is 0 Å². The van der Waals surface area contributed by atoms with Crippen LogP contribution in [0, 0.1) is 0 Å². The zero-order valence-corrected chi connectivity index (χ0v) is 31.1. The molecule has 0 aromatic carbocycles. The molecule has 1 fully saturated rings. The Morgan fingerprint density at radius 3 is 1.42 bits per heavy atom. The first-order chi connectivity index (χ1) is 23.4. The van der Waals surface area contributed by atoms with E-state index in [1.54, 1.807) is 0 Å². The smallest absolute Gasteiger partial charge is 0.186 e. The number of aliphatic hydroxyl groups excluding tert-OH is 6. The van der Waals surface area contributed by atoms with E-state index in [1.807, 2.05) is 0 Å². The number of hydrogen-bond acceptors (Lipinski definition) is 9. The molecule has 1 saturated heterocycles. The molecule has 288 valence electrons. The SMILES string of the molecule is CCCCCCCCCCCCCCCCCCCCCCCCNC(CO[C@H]1O[C@H](CO)[C@H](O)[C@H](O)[C@H]1O)C(O)C(O)CCCCC. The molecule has 0 radical (unpaired) electrons. The number of rotatable bonds is 34. The van der Waals surface area contributed by atoms with Crippen LogP contribution in [0.2, 0.25) is 0 Å². The molecule has 0 aromatic heterocycles. The number of aliphatic hydroxyl groups is 6. The summed E-state index contributed by atoms with van der Waals surface area (Å²) in [6.45, 7) is 4.41. The molecule has 0 amide bonds. The lowest BCUT2D eigenvalue weighted by Crippen LogP contribution is -2.60. The fourth-order valence-electron chi connectivity index (χ4n) is 6.75. The summed E-state index contributed by atoms with van der Waals surface area (Å²) in [5.74, 6) is 0. The van der Waals surface area contributed by atoms with Crippen molar-refractivity contribution in [3.05, 3.63) is 0 Å². The van der Waals surface area contributed by atoms with Crippen LogP contribution in [-0.4, -0.2) is 99.4 Å². The van der Waals surface area contributed by atoms with Gasteiger partial charge in [-0.2, -0.15) is 0 Å². The molecule has 0 aliphatic carbocycles. The molecular formula is C39H79NO8. The topological polar surface area (TPSA) is 152 Å². The van der Waals surface area contributed by atoms with Crippen molar-refractivity contribution in [1.29, 1.82) is 0 Å². The Bertz CT molecular complexity index is 686. The third-order valence-electron chi connectivity index (χ3n) is 10.1. The van der Waals surface area contributed by atoms with Gasteiger partial charge in [0.2, 0.25) is 0 Å². The van der Waals surface area contributed by atoms with E-state index in [9.17, 15) is 30.6 Å². The maximum atomic E-state index is 10.9. The minimum Gasteiger partial charge on any atom is -0.394 e. The molecule has 7 N–H and O–H groups in total. The average molecular weight is 690 g/mol. The second-order valence-electron chi connectivity index (χ2n) is 14.6. The lowest BCUT2D eigenvalue weighted by molar-refractivity contribution is -0.303. The van der Waals surface area contributed by atoms with Gasteiger partial charge < -0.3 is 45.4 Å². The van der Waals surface area contributed by atoms with E-state index >= 15 is 0 Å². The fraction of sp³-hybridized carbons (Fsp3) is 1.00. The molecule has 9 nitrogen and oxygen atoms in total. The zero-order valence-electron chi connectivity index (χ0n) is 31.1. The van der Waals surface area contributed by atoms with Crippen molar-refractivity contribution in [2.75, 3.05) is 19.8 Å². The van der Waals surface area contributed by atoms with E-state index in [0.717, 1.165) is 32.1 Å². The highest BCUT2D eigenvalue weighted by atomic mass is 16.7. The van der Waals surface area contributed by atoms with Crippen LogP contribution in [0.4, 0.5) is 0 Å². The fourth-order valence-corrected chi connectivity index (χ4v) is 6.75. The summed E-state index contributed by atoms with van der Waals surface area (Å²) < 4.78 is 11.2. The maximum Gasteiger partial charge on any atom is 0.186 e. The van der Waals surface area contributed by atoms with Crippen LogP contribution in [0.25, 0.3) is 0 Å². The molecule has 1 rings (SSSR count). The molecule has 0 bridgehead atoms. The average Bonchev–Trinajstić information content (AvgIpc) is 3.09. The standard InChI is InChI=1S/C39H79NO8/c1-3-5-7-8-9-10-11-12-13-14-15-16-17-18-19-20-21-22-23-24-25-27-29-40-32(35(43)33(42)28-26-6-4-2)31-47-39-38(46)37(45)36(44)34(30-41)48-39/h32-46H,3-31H2,1-2H3/t32?,33?,34-,35?,36+,37+,38-,39+/m1/s1. The molecule has 0 saturated carbocycles. The highest BCUT2D eigenvalue weighted by Gasteiger charge is 2.44. The second-order valence-corrected chi connectivity index (χ2v) is 14.6. The van der Waals surface area contributed by atoms with E-state index in [1.165, 1.54) is 128 Å². The first kappa shape index (κ1) is 45.7. The van der Waals surface area contributed by atoms with Gasteiger partial charge in [0.15, 0.2) is 6.29 Å². The molecule has 1 aliphatic heterocycles. The van der Waals surface area contributed by atoms with E-state index in [2.05, 4.69) is 19.2 Å². The minimum atomic E-state index is -1.53. The Hall–Kier alpha value is -0.360. The summed E-state index contributed by atoms with van der Waals surface area (Å²) in [6, 6.07) is -0.607. The zero-order chi connectivity index (χ0) is 35.2. The minimum absolute atomic E-state index is 0.0754. The normalized spacial score (nSPS) is 23.4. The summed E-state index contributed by atoms with van der Waals surface area (Å²) in [7, 11) is 0. The third kappa shape index (κ3) is 21.8. The summed E-state index contributed by atoms with van der Waals surface area (Å²) in [5, 5.41) is 64.7. The van der Waals surface area contributed by atoms with Crippen molar-refractivity contribution in [3.8, 4) is 0 Å². The van der Waals surface area contributed by atoms with Crippen molar-refractivity contribution >= 4 is 0 Å². The summed E-state index contributed by atoms with van der Waals surface area (Å²) in [4.78, 5) is 0. The molecule has 8 atom stereocenters. The molecule has 1 heterocycles. The van der Waals surface area contributed by atoms with Gasteiger partial charge >= 0.3 is 0 Å². The van der Waals surface area contributed by atoms with Crippen LogP contribution >= 0.6 is 0 Å². The number of hydrogen-bond donors (Lipinski definition) is 7. The van der Waals surface area contributed by atoms with Gasteiger partial charge in [0.1, 0.15) is 24.4 Å². The van der Waals surface area contributed by atoms with E-state index in [4.69, 9.17) is 9.47 Å². The van der Waals surface area contributed by atoms with Gasteiger partial charge in [-0.05, 0) is 19.4 Å². The van der Waals surface area contributed by atoms with Crippen LogP contribution < -0.4 is 5.32 Å². The summed E-state index contributed by atoms with van der Waals surface area (Å²) in [6.07, 6.45) is 24.0. The maximum absolute atomic E-state index is 10.9. The molecule has 1 aliphatic rings. The van der Waals surface area contributed by atoms with Gasteiger partial charge in [0.05, 0.1) is 31.5 Å². The number of nitrogens with one attached hydrogen (secondary N) is 1. The molecule has 9 heteroatoms. The van der Waals surface area contributed by atoms with Crippen LogP contribution in [0.1, 0.15) is 181 Å². The summed E-state index contributed by atoms with van der Waals surface area (Å²) in [5.41, 5.74) is 0. The van der Waals surface area contributed by atoms with E-state index in [0.29, 0.717) is 13.0 Å². The van der Waals surface area contributed by atoms with Gasteiger partial charge in [-0.3, -0.25) is 0 Å². The third-order valence-corrected chi connectivity index (χ3v) is 10.1. The second kappa shape index (κ2) is 31.4. The molecule has 0 aromatic rings. The quantitative estimate of drug-likeness (QED) is 0.0368. The Kier molecular flexibility index (Phi) is 29.9. The predicted octanol–water partition coefficient (Wildman–Crippen LogP) is 6.67. The van der Waals surface area contributed by atoms with Gasteiger partial charge in [0, 0.05) is 0 Å². The van der Waals surface area contributed by atoms with Crippen LogP contribution in [0.15, 0.2) is 0 Å². The predicted molar refractivity (Wildman–Crippen MR) is 195 cm³/mol.